The summed E-state index contributed by atoms with van der Waals surface area (Å²) in [5, 5.41) is 6.62. The molecule has 2 amide bonds. The van der Waals surface area contributed by atoms with Gasteiger partial charge >= 0.3 is 0 Å². The third-order valence-electron chi connectivity index (χ3n) is 5.34. The molecule has 2 N–H and O–H groups in total. The van der Waals surface area contributed by atoms with Gasteiger partial charge in [-0.25, -0.2) is 0 Å². The highest BCUT2D eigenvalue weighted by Crippen LogP contribution is 2.31. The van der Waals surface area contributed by atoms with Gasteiger partial charge < -0.3 is 15.5 Å². The van der Waals surface area contributed by atoms with E-state index < -0.39 is 5.54 Å². The topological polar surface area (TPSA) is 61.4 Å². The standard InChI is InChI=1S/C16H27N3O2.ClH/c1-12(20)18-16(8-3-2-4-9-16)15(21)19-10-7-13-5-6-14(11-19)17-13;/h13-14,17H,2-11H2,1H3,(H,18,20);1H. The number of hydrogen-bond donors (Lipinski definition) is 2. The van der Waals surface area contributed by atoms with Crippen molar-refractivity contribution in [2.75, 3.05) is 13.1 Å². The quantitative estimate of drug-likeness (QED) is 0.809. The molecule has 126 valence electrons. The van der Waals surface area contributed by atoms with E-state index in [0.717, 1.165) is 45.2 Å². The minimum atomic E-state index is -0.631. The van der Waals surface area contributed by atoms with Crippen LogP contribution >= 0.6 is 12.4 Å². The van der Waals surface area contributed by atoms with Gasteiger partial charge in [0.15, 0.2) is 0 Å². The third-order valence-corrected chi connectivity index (χ3v) is 5.34. The highest BCUT2D eigenvalue weighted by molar-refractivity contribution is 5.91. The number of halogens is 1. The molecule has 0 radical (unpaired) electrons. The number of fused-ring (bicyclic) bond motifs is 2. The fourth-order valence-electron chi connectivity index (χ4n) is 4.31. The number of amides is 2. The van der Waals surface area contributed by atoms with Crippen LogP contribution in [0, 0.1) is 0 Å². The molecule has 3 fully saturated rings. The summed E-state index contributed by atoms with van der Waals surface area (Å²) in [5.41, 5.74) is -0.631. The van der Waals surface area contributed by atoms with Crippen molar-refractivity contribution in [1.29, 1.82) is 0 Å². The van der Waals surface area contributed by atoms with Gasteiger partial charge in [0.2, 0.25) is 11.8 Å². The molecule has 2 heterocycles. The van der Waals surface area contributed by atoms with Crippen LogP contribution in [0.1, 0.15) is 58.3 Å². The number of carbonyl (C=O) groups excluding carboxylic acids is 2. The summed E-state index contributed by atoms with van der Waals surface area (Å²) in [7, 11) is 0. The molecule has 0 aromatic heterocycles. The Balaban J connectivity index is 0.00000176. The number of rotatable bonds is 2. The molecule has 2 atom stereocenters. The minimum absolute atomic E-state index is 0. The smallest absolute Gasteiger partial charge is 0.248 e. The number of nitrogens with one attached hydrogen (secondary N) is 2. The summed E-state index contributed by atoms with van der Waals surface area (Å²) in [6.07, 6.45) is 8.27. The third kappa shape index (κ3) is 3.57. The molecular weight excluding hydrogens is 302 g/mol. The normalized spacial score (nSPS) is 30.1. The Labute approximate surface area is 139 Å². The van der Waals surface area contributed by atoms with Gasteiger partial charge in [-0.2, -0.15) is 0 Å². The van der Waals surface area contributed by atoms with Crippen LogP contribution in [0.5, 0.6) is 0 Å². The van der Waals surface area contributed by atoms with Gasteiger partial charge in [-0.05, 0) is 32.1 Å². The first kappa shape index (κ1) is 17.5. The zero-order valence-electron chi connectivity index (χ0n) is 13.4. The summed E-state index contributed by atoms with van der Waals surface area (Å²) in [6.45, 7) is 3.15. The first-order chi connectivity index (χ1) is 10.1. The lowest BCUT2D eigenvalue weighted by Crippen LogP contribution is -2.61. The molecule has 5 nitrogen and oxygen atoms in total. The van der Waals surface area contributed by atoms with E-state index in [-0.39, 0.29) is 24.2 Å². The number of nitrogens with zero attached hydrogens (tertiary/aromatic N) is 1. The molecule has 2 saturated heterocycles. The van der Waals surface area contributed by atoms with E-state index in [9.17, 15) is 9.59 Å². The predicted octanol–water partition coefficient (Wildman–Crippen LogP) is 1.60. The second-order valence-corrected chi connectivity index (χ2v) is 7.00. The molecule has 22 heavy (non-hydrogen) atoms. The fourth-order valence-corrected chi connectivity index (χ4v) is 4.31. The zero-order chi connectivity index (χ0) is 14.9. The van der Waals surface area contributed by atoms with Crippen molar-refractivity contribution in [1.82, 2.24) is 15.5 Å². The maximum atomic E-state index is 13.1. The molecule has 2 bridgehead atoms. The van der Waals surface area contributed by atoms with Crippen molar-refractivity contribution < 1.29 is 9.59 Å². The number of carbonyl (C=O) groups is 2. The van der Waals surface area contributed by atoms with Crippen LogP contribution in [0.2, 0.25) is 0 Å². The molecule has 2 unspecified atom stereocenters. The average Bonchev–Trinajstić information content (AvgIpc) is 2.78. The molecule has 3 rings (SSSR count). The van der Waals surface area contributed by atoms with Crippen molar-refractivity contribution in [3.63, 3.8) is 0 Å². The second kappa shape index (κ2) is 7.18. The van der Waals surface area contributed by atoms with Gasteiger partial charge in [0.25, 0.3) is 0 Å². The molecule has 0 aromatic carbocycles. The zero-order valence-corrected chi connectivity index (χ0v) is 14.2. The molecule has 0 aromatic rings. The first-order valence-corrected chi connectivity index (χ1v) is 8.43. The van der Waals surface area contributed by atoms with Crippen molar-refractivity contribution >= 4 is 24.2 Å². The van der Waals surface area contributed by atoms with Crippen LogP contribution in [0.4, 0.5) is 0 Å². The van der Waals surface area contributed by atoms with Crippen molar-refractivity contribution in [3.8, 4) is 0 Å². The monoisotopic (exact) mass is 329 g/mol. The minimum Gasteiger partial charge on any atom is -0.342 e. The van der Waals surface area contributed by atoms with E-state index in [1.807, 2.05) is 4.90 Å². The molecule has 1 aliphatic carbocycles. The maximum absolute atomic E-state index is 13.1. The van der Waals surface area contributed by atoms with Crippen molar-refractivity contribution in [2.45, 2.75) is 75.9 Å². The highest BCUT2D eigenvalue weighted by atomic mass is 35.5. The van der Waals surface area contributed by atoms with E-state index >= 15 is 0 Å². The average molecular weight is 330 g/mol. The molecule has 2 aliphatic heterocycles. The Kier molecular flexibility index (Phi) is 5.72. The molecule has 0 spiro atoms. The predicted molar refractivity (Wildman–Crippen MR) is 88.0 cm³/mol. The second-order valence-electron chi connectivity index (χ2n) is 7.00. The first-order valence-electron chi connectivity index (χ1n) is 8.43. The summed E-state index contributed by atoms with van der Waals surface area (Å²) in [5.74, 6) is 0.0754. The maximum Gasteiger partial charge on any atom is 0.248 e. The molecular formula is C16H28ClN3O2. The van der Waals surface area contributed by atoms with Crippen molar-refractivity contribution in [2.24, 2.45) is 0 Å². The molecule has 3 aliphatic rings. The van der Waals surface area contributed by atoms with E-state index in [2.05, 4.69) is 10.6 Å². The van der Waals surface area contributed by atoms with Crippen LogP contribution in [0.25, 0.3) is 0 Å². The van der Waals surface area contributed by atoms with Gasteiger partial charge in [-0.15, -0.1) is 12.4 Å². The number of likely N-dealkylation sites (tertiary alicyclic amines) is 1. The lowest BCUT2D eigenvalue weighted by atomic mass is 9.80. The van der Waals surface area contributed by atoms with Crippen molar-refractivity contribution in [3.05, 3.63) is 0 Å². The van der Waals surface area contributed by atoms with Gasteiger partial charge in [0.05, 0.1) is 0 Å². The van der Waals surface area contributed by atoms with Crippen LogP contribution in [-0.2, 0) is 9.59 Å². The summed E-state index contributed by atoms with van der Waals surface area (Å²) < 4.78 is 0. The Morgan fingerprint density at radius 3 is 2.45 bits per heavy atom. The largest absolute Gasteiger partial charge is 0.342 e. The van der Waals surface area contributed by atoms with E-state index in [1.54, 1.807) is 0 Å². The lowest BCUT2D eigenvalue weighted by molar-refractivity contribution is -0.143. The van der Waals surface area contributed by atoms with Crippen LogP contribution in [-0.4, -0.2) is 47.4 Å². The van der Waals surface area contributed by atoms with Gasteiger partial charge in [-0.3, -0.25) is 9.59 Å². The Morgan fingerprint density at radius 2 is 1.77 bits per heavy atom. The fraction of sp³-hybridized carbons (Fsp3) is 0.875. The lowest BCUT2D eigenvalue weighted by Gasteiger charge is -2.40. The summed E-state index contributed by atoms with van der Waals surface area (Å²) in [6, 6.07) is 1.02. The number of hydrogen-bond acceptors (Lipinski definition) is 3. The molecule has 1 saturated carbocycles. The summed E-state index contributed by atoms with van der Waals surface area (Å²) in [4.78, 5) is 26.7. The van der Waals surface area contributed by atoms with E-state index in [4.69, 9.17) is 0 Å². The van der Waals surface area contributed by atoms with E-state index in [1.165, 1.54) is 26.2 Å². The van der Waals surface area contributed by atoms with Crippen LogP contribution < -0.4 is 10.6 Å². The Bertz CT molecular complexity index is 424. The summed E-state index contributed by atoms with van der Waals surface area (Å²) >= 11 is 0. The van der Waals surface area contributed by atoms with Crippen LogP contribution in [0.3, 0.4) is 0 Å². The molecule has 6 heteroatoms. The van der Waals surface area contributed by atoms with E-state index in [0.29, 0.717) is 12.1 Å². The Morgan fingerprint density at radius 1 is 1.09 bits per heavy atom. The SMILES string of the molecule is CC(=O)NC1(C(=O)N2CCC3CCC(C2)N3)CCCCC1.Cl. The van der Waals surface area contributed by atoms with Gasteiger partial charge in [0.1, 0.15) is 5.54 Å². The van der Waals surface area contributed by atoms with Crippen LogP contribution in [0.15, 0.2) is 0 Å². The van der Waals surface area contributed by atoms with Gasteiger partial charge in [0, 0.05) is 32.1 Å². The highest BCUT2D eigenvalue weighted by Gasteiger charge is 2.44. The Hall–Kier alpha value is -0.810. The van der Waals surface area contributed by atoms with Gasteiger partial charge in [-0.1, -0.05) is 19.3 Å².